The number of furan rings is 1. The Kier molecular flexibility index (Phi) is 8.05. The second-order valence-corrected chi connectivity index (χ2v) is 10.6. The largest absolute Gasteiger partial charge is 0.464 e. The van der Waals surface area contributed by atoms with Crippen molar-refractivity contribution in [2.24, 2.45) is 0 Å². The first-order valence-electron chi connectivity index (χ1n) is 12.1. The van der Waals surface area contributed by atoms with Gasteiger partial charge in [0.2, 0.25) is 0 Å². The van der Waals surface area contributed by atoms with Gasteiger partial charge in [-0.05, 0) is 68.1 Å². The zero-order valence-corrected chi connectivity index (χ0v) is 20.8. The van der Waals surface area contributed by atoms with Crippen LogP contribution in [0.1, 0.15) is 54.9 Å². The number of benzene rings is 2. The Hall–Kier alpha value is -2.94. The molecule has 2 aromatic carbocycles. The monoisotopic (exact) mass is 496 g/mol. The zero-order chi connectivity index (χ0) is 24.8. The smallest absolute Gasteiger partial charge is 0.264 e. The number of fused-ring (bicyclic) bond motifs is 2. The van der Waals surface area contributed by atoms with Crippen LogP contribution in [0.5, 0.6) is 0 Å². The zero-order valence-electron chi connectivity index (χ0n) is 19.9. The molecule has 2 aliphatic heterocycles. The lowest BCUT2D eigenvalue weighted by atomic mass is 9.89. The fourth-order valence-electron chi connectivity index (χ4n) is 4.72. The molecular weight excluding hydrogens is 464 g/mol. The molecule has 1 fully saturated rings. The standard InChI is InChI=1S/C24H24N2O2.C3H8O3S/c27-24(17-6-2-1-3-7-17)25-19-9-10-23-21(15-19)22(16-28-23)18-11-13-26-12-5-4-8-20(26)14-18;1-2-3-7(4,5)6/h1-3,6-7,9-11,15-16,20H,4-5,8,12-14H2,(H,25,27);2-3H2,1H3,(H,4,5,6). The van der Waals surface area contributed by atoms with Crippen molar-refractivity contribution in [1.82, 2.24) is 4.90 Å². The van der Waals surface area contributed by atoms with Crippen molar-refractivity contribution in [3.63, 3.8) is 0 Å². The maximum Gasteiger partial charge on any atom is 0.264 e. The molecule has 186 valence electrons. The Morgan fingerprint density at radius 3 is 2.69 bits per heavy atom. The summed E-state index contributed by atoms with van der Waals surface area (Å²) in [5.74, 6) is -0.229. The molecule has 1 saturated heterocycles. The molecule has 2 aliphatic rings. The summed E-state index contributed by atoms with van der Waals surface area (Å²) in [4.78, 5) is 15.1. The van der Waals surface area contributed by atoms with Gasteiger partial charge in [-0.1, -0.05) is 37.6 Å². The predicted molar refractivity (Wildman–Crippen MR) is 139 cm³/mol. The fraction of sp³-hybridized carbons (Fsp3) is 0.370. The number of carbonyl (C=O) groups is 1. The summed E-state index contributed by atoms with van der Waals surface area (Å²) in [7, 11) is -3.67. The minimum Gasteiger partial charge on any atom is -0.464 e. The van der Waals surface area contributed by atoms with Crippen molar-refractivity contribution in [2.45, 2.75) is 45.1 Å². The molecule has 0 bridgehead atoms. The van der Waals surface area contributed by atoms with Crippen LogP contribution in [-0.2, 0) is 10.1 Å². The van der Waals surface area contributed by atoms with Crippen molar-refractivity contribution < 1.29 is 22.2 Å². The summed E-state index contributed by atoms with van der Waals surface area (Å²) in [6.07, 6.45) is 9.70. The molecule has 0 spiro atoms. The molecular formula is C27H32N2O5S. The highest BCUT2D eigenvalue weighted by Gasteiger charge is 2.27. The lowest BCUT2D eigenvalue weighted by Crippen LogP contribution is -2.41. The number of hydrogen-bond donors (Lipinski definition) is 2. The van der Waals surface area contributed by atoms with E-state index in [0.29, 0.717) is 18.0 Å². The van der Waals surface area contributed by atoms with E-state index in [1.165, 1.54) is 31.4 Å². The Bertz CT molecular complexity index is 1300. The normalized spacial score (nSPS) is 18.2. The molecule has 1 unspecified atom stereocenters. The highest BCUT2D eigenvalue weighted by molar-refractivity contribution is 7.85. The second-order valence-electron chi connectivity index (χ2n) is 9.04. The highest BCUT2D eigenvalue weighted by atomic mass is 32.2. The third-order valence-electron chi connectivity index (χ3n) is 6.45. The van der Waals surface area contributed by atoms with E-state index >= 15 is 0 Å². The van der Waals surface area contributed by atoms with Crippen molar-refractivity contribution in [1.29, 1.82) is 0 Å². The van der Waals surface area contributed by atoms with Crippen LogP contribution < -0.4 is 5.32 Å². The van der Waals surface area contributed by atoms with Gasteiger partial charge in [0.25, 0.3) is 16.0 Å². The molecule has 0 aliphatic carbocycles. The number of hydrogen-bond acceptors (Lipinski definition) is 5. The number of piperidine rings is 1. The summed E-state index contributed by atoms with van der Waals surface area (Å²) in [5.41, 5.74) is 4.84. The number of nitrogens with zero attached hydrogens (tertiary/aromatic N) is 1. The van der Waals surface area contributed by atoms with Gasteiger partial charge in [-0.3, -0.25) is 14.2 Å². The van der Waals surface area contributed by atoms with Crippen LogP contribution in [0.3, 0.4) is 0 Å². The average molecular weight is 497 g/mol. The van der Waals surface area contributed by atoms with E-state index in [9.17, 15) is 13.2 Å². The topological polar surface area (TPSA) is 99.8 Å². The molecule has 1 atom stereocenters. The number of nitrogens with one attached hydrogen (secondary N) is 1. The van der Waals surface area contributed by atoms with Crippen molar-refractivity contribution in [3.05, 3.63) is 72.0 Å². The number of amides is 1. The maximum absolute atomic E-state index is 12.5. The fourth-order valence-corrected chi connectivity index (χ4v) is 5.24. The summed E-state index contributed by atoms with van der Waals surface area (Å²) >= 11 is 0. The van der Waals surface area contributed by atoms with Crippen LogP contribution in [0.25, 0.3) is 16.5 Å². The Morgan fingerprint density at radius 2 is 1.97 bits per heavy atom. The lowest BCUT2D eigenvalue weighted by Gasteiger charge is -2.38. The molecule has 3 heterocycles. The van der Waals surface area contributed by atoms with E-state index in [0.717, 1.165) is 35.2 Å². The summed E-state index contributed by atoms with van der Waals surface area (Å²) in [6, 6.07) is 15.8. The van der Waals surface area contributed by atoms with Crippen LogP contribution in [0, 0.1) is 0 Å². The Balaban J connectivity index is 0.000000364. The lowest BCUT2D eigenvalue weighted by molar-refractivity contribution is 0.102. The van der Waals surface area contributed by atoms with E-state index in [1.54, 1.807) is 6.92 Å². The highest BCUT2D eigenvalue weighted by Crippen LogP contribution is 2.36. The van der Waals surface area contributed by atoms with Gasteiger partial charge in [-0.25, -0.2) is 0 Å². The number of anilines is 1. The molecule has 8 heteroatoms. The molecule has 35 heavy (non-hydrogen) atoms. The van der Waals surface area contributed by atoms with E-state index in [-0.39, 0.29) is 11.7 Å². The van der Waals surface area contributed by atoms with Crippen molar-refractivity contribution in [2.75, 3.05) is 24.2 Å². The van der Waals surface area contributed by atoms with Gasteiger partial charge in [0.05, 0.1) is 12.0 Å². The van der Waals surface area contributed by atoms with Crippen LogP contribution in [0.15, 0.2) is 65.3 Å². The molecule has 1 aromatic heterocycles. The minimum atomic E-state index is -3.67. The second kappa shape index (κ2) is 11.2. The molecule has 3 aromatic rings. The third-order valence-corrected chi connectivity index (χ3v) is 7.38. The predicted octanol–water partition coefficient (Wildman–Crippen LogP) is 5.61. The van der Waals surface area contributed by atoms with Crippen LogP contribution >= 0.6 is 0 Å². The minimum absolute atomic E-state index is 0.0975. The SMILES string of the molecule is CCCS(=O)(=O)O.O=C(Nc1ccc2occ(C3=CCN4CCCCC4C3)c2c1)c1ccccc1. The molecule has 1 amide bonds. The van der Waals surface area contributed by atoms with Gasteiger partial charge in [0, 0.05) is 34.8 Å². The summed E-state index contributed by atoms with van der Waals surface area (Å²) in [6.45, 7) is 3.93. The van der Waals surface area contributed by atoms with Crippen molar-refractivity contribution >= 4 is 38.3 Å². The van der Waals surface area contributed by atoms with Crippen LogP contribution in [0.2, 0.25) is 0 Å². The third kappa shape index (κ3) is 6.60. The maximum atomic E-state index is 12.5. The summed E-state index contributed by atoms with van der Waals surface area (Å²) in [5, 5.41) is 4.08. The van der Waals surface area contributed by atoms with Gasteiger partial charge in [0.15, 0.2) is 0 Å². The van der Waals surface area contributed by atoms with Crippen LogP contribution in [0.4, 0.5) is 5.69 Å². The molecule has 0 radical (unpaired) electrons. The van der Waals surface area contributed by atoms with Crippen molar-refractivity contribution in [3.8, 4) is 0 Å². The number of rotatable bonds is 5. The average Bonchev–Trinajstić information content (AvgIpc) is 3.27. The Labute approximate surface area is 206 Å². The van der Waals surface area contributed by atoms with Gasteiger partial charge in [0.1, 0.15) is 5.58 Å². The molecule has 5 rings (SSSR count). The van der Waals surface area contributed by atoms with E-state index in [1.807, 2.05) is 54.8 Å². The van der Waals surface area contributed by atoms with E-state index < -0.39 is 10.1 Å². The van der Waals surface area contributed by atoms with E-state index in [4.69, 9.17) is 8.97 Å². The molecule has 0 saturated carbocycles. The van der Waals surface area contributed by atoms with Gasteiger partial charge >= 0.3 is 0 Å². The first-order chi connectivity index (χ1) is 16.8. The van der Waals surface area contributed by atoms with E-state index in [2.05, 4.69) is 16.3 Å². The first kappa shape index (κ1) is 25.2. The molecule has 7 nitrogen and oxygen atoms in total. The van der Waals surface area contributed by atoms with Gasteiger partial charge < -0.3 is 9.73 Å². The Morgan fingerprint density at radius 1 is 1.17 bits per heavy atom. The summed E-state index contributed by atoms with van der Waals surface area (Å²) < 4.78 is 33.4. The quantitative estimate of drug-likeness (QED) is 0.445. The van der Waals surface area contributed by atoms with Crippen LogP contribution in [-0.4, -0.2) is 48.7 Å². The first-order valence-corrected chi connectivity index (χ1v) is 13.7. The molecule has 2 N–H and O–H groups in total. The van der Waals surface area contributed by atoms with Gasteiger partial charge in [-0.2, -0.15) is 8.42 Å². The van der Waals surface area contributed by atoms with Gasteiger partial charge in [-0.15, -0.1) is 0 Å². The number of carbonyl (C=O) groups excluding carboxylic acids is 1.